The molecular formula is C19H19ClN2O3. The lowest BCUT2D eigenvalue weighted by Gasteiger charge is -2.18. The quantitative estimate of drug-likeness (QED) is 0.733. The summed E-state index contributed by atoms with van der Waals surface area (Å²) < 4.78 is 11.0. The van der Waals surface area contributed by atoms with Crippen molar-refractivity contribution < 1.29 is 13.9 Å². The van der Waals surface area contributed by atoms with Gasteiger partial charge in [0, 0.05) is 24.5 Å². The minimum atomic E-state index is -0.255. The number of carbonyl (C=O) groups is 1. The lowest BCUT2D eigenvalue weighted by Crippen LogP contribution is -2.17. The molecule has 1 heterocycles. The smallest absolute Gasteiger partial charge is 0.259 e. The highest BCUT2D eigenvalue weighted by atomic mass is 35.5. The maximum absolute atomic E-state index is 12.9. The molecule has 0 aliphatic carbocycles. The molecule has 3 aromatic rings. The number of carbonyl (C=O) groups excluding carboxylic acids is 1. The third-order valence-corrected chi connectivity index (χ3v) is 4.22. The van der Waals surface area contributed by atoms with Crippen molar-refractivity contribution in [3.63, 3.8) is 0 Å². The van der Waals surface area contributed by atoms with E-state index in [0.29, 0.717) is 38.8 Å². The molecule has 0 saturated carbocycles. The monoisotopic (exact) mass is 358 g/mol. The Labute approximate surface area is 151 Å². The summed E-state index contributed by atoms with van der Waals surface area (Å²) >= 11 is 6.09. The number of fused-ring (bicyclic) bond motifs is 1. The second-order valence-corrected chi connectivity index (χ2v) is 6.34. The lowest BCUT2D eigenvalue weighted by atomic mass is 10.1. The van der Waals surface area contributed by atoms with Crippen LogP contribution < -0.4 is 15.0 Å². The largest absolute Gasteiger partial charge is 0.497 e. The summed E-state index contributed by atoms with van der Waals surface area (Å²) in [5.41, 5.74) is 2.63. The molecule has 2 aromatic carbocycles. The van der Waals surface area contributed by atoms with Crippen LogP contribution in [0.1, 0.15) is 16.1 Å². The molecule has 25 heavy (non-hydrogen) atoms. The molecule has 3 rings (SSSR count). The fraction of sp³-hybridized carbons (Fsp3) is 0.211. The first-order valence-corrected chi connectivity index (χ1v) is 8.14. The standard InChI is InChI=1S/C19H19ClN2O3/c1-11-18(14-10-13(24-4)6-8-17(14)25-11)19(23)21-15-9-12(20)5-7-16(15)22(2)3/h5-10H,1-4H3,(H,21,23). The molecule has 1 aromatic heterocycles. The zero-order chi connectivity index (χ0) is 18.1. The van der Waals surface area contributed by atoms with Crippen LogP contribution in [0.2, 0.25) is 5.02 Å². The van der Waals surface area contributed by atoms with E-state index in [1.54, 1.807) is 44.4 Å². The molecule has 0 unspecified atom stereocenters. The normalized spacial score (nSPS) is 10.8. The van der Waals surface area contributed by atoms with Gasteiger partial charge in [-0.25, -0.2) is 0 Å². The van der Waals surface area contributed by atoms with E-state index in [4.69, 9.17) is 20.8 Å². The van der Waals surface area contributed by atoms with Crippen molar-refractivity contribution in [3.05, 3.63) is 52.7 Å². The number of anilines is 2. The molecule has 0 spiro atoms. The molecular weight excluding hydrogens is 340 g/mol. The van der Waals surface area contributed by atoms with E-state index in [0.717, 1.165) is 5.69 Å². The van der Waals surface area contributed by atoms with Gasteiger partial charge < -0.3 is 19.4 Å². The summed E-state index contributed by atoms with van der Waals surface area (Å²) in [7, 11) is 5.40. The van der Waals surface area contributed by atoms with Gasteiger partial charge in [0.25, 0.3) is 5.91 Å². The Morgan fingerprint density at radius 3 is 2.64 bits per heavy atom. The predicted octanol–water partition coefficient (Wildman–Crippen LogP) is 4.72. The Bertz CT molecular complexity index is 947. The molecule has 0 atom stereocenters. The predicted molar refractivity (Wildman–Crippen MR) is 101 cm³/mol. The Hall–Kier alpha value is -2.66. The number of rotatable bonds is 4. The highest BCUT2D eigenvalue weighted by Gasteiger charge is 2.20. The number of hydrogen-bond acceptors (Lipinski definition) is 4. The van der Waals surface area contributed by atoms with Gasteiger partial charge in [-0.3, -0.25) is 4.79 Å². The van der Waals surface area contributed by atoms with E-state index < -0.39 is 0 Å². The first-order valence-electron chi connectivity index (χ1n) is 7.76. The topological polar surface area (TPSA) is 54.7 Å². The third kappa shape index (κ3) is 3.28. The van der Waals surface area contributed by atoms with E-state index in [1.807, 2.05) is 25.1 Å². The molecule has 0 bridgehead atoms. The fourth-order valence-electron chi connectivity index (χ4n) is 2.79. The number of nitrogens with one attached hydrogen (secondary N) is 1. The Balaban J connectivity index is 2.04. The Kier molecular flexibility index (Phi) is 4.59. The summed E-state index contributed by atoms with van der Waals surface area (Å²) in [5.74, 6) is 0.961. The molecule has 1 amide bonds. The third-order valence-electron chi connectivity index (χ3n) is 3.99. The number of amides is 1. The molecule has 0 aliphatic heterocycles. The molecule has 0 aliphatic rings. The first-order chi connectivity index (χ1) is 11.9. The fourth-order valence-corrected chi connectivity index (χ4v) is 2.96. The van der Waals surface area contributed by atoms with Gasteiger partial charge in [0.1, 0.15) is 17.1 Å². The summed E-state index contributed by atoms with van der Waals surface area (Å²) in [4.78, 5) is 14.8. The number of methoxy groups -OCH3 is 1. The Morgan fingerprint density at radius 1 is 1.20 bits per heavy atom. The maximum Gasteiger partial charge on any atom is 0.259 e. The number of aryl methyl sites for hydroxylation is 1. The summed E-state index contributed by atoms with van der Waals surface area (Å²) in [6.45, 7) is 1.77. The average molecular weight is 359 g/mol. The van der Waals surface area contributed by atoms with Crippen LogP contribution in [0.4, 0.5) is 11.4 Å². The number of furan rings is 1. The van der Waals surface area contributed by atoms with Gasteiger partial charge in [-0.2, -0.15) is 0 Å². The molecule has 6 heteroatoms. The lowest BCUT2D eigenvalue weighted by molar-refractivity contribution is 0.102. The SMILES string of the molecule is COc1ccc2oc(C)c(C(=O)Nc3cc(Cl)ccc3N(C)C)c2c1. The van der Waals surface area contributed by atoms with Crippen LogP contribution in [0, 0.1) is 6.92 Å². The maximum atomic E-state index is 12.9. The van der Waals surface area contributed by atoms with Gasteiger partial charge >= 0.3 is 0 Å². The summed E-state index contributed by atoms with van der Waals surface area (Å²) in [6.07, 6.45) is 0. The van der Waals surface area contributed by atoms with E-state index >= 15 is 0 Å². The van der Waals surface area contributed by atoms with Crippen molar-refractivity contribution in [2.75, 3.05) is 31.4 Å². The second-order valence-electron chi connectivity index (χ2n) is 5.91. The van der Waals surface area contributed by atoms with Crippen LogP contribution in [-0.2, 0) is 0 Å². The van der Waals surface area contributed by atoms with Crippen molar-refractivity contribution in [2.45, 2.75) is 6.92 Å². The van der Waals surface area contributed by atoms with E-state index in [9.17, 15) is 4.79 Å². The van der Waals surface area contributed by atoms with Gasteiger partial charge in [0.15, 0.2) is 0 Å². The molecule has 0 radical (unpaired) electrons. The van der Waals surface area contributed by atoms with Gasteiger partial charge in [0.05, 0.1) is 24.0 Å². The minimum absolute atomic E-state index is 0.255. The van der Waals surface area contributed by atoms with Crippen molar-refractivity contribution >= 4 is 39.9 Å². The Morgan fingerprint density at radius 2 is 1.96 bits per heavy atom. The highest BCUT2D eigenvalue weighted by molar-refractivity contribution is 6.31. The number of halogens is 1. The molecule has 0 saturated heterocycles. The van der Waals surface area contributed by atoms with Crippen LogP contribution in [0.3, 0.4) is 0 Å². The molecule has 5 nitrogen and oxygen atoms in total. The van der Waals surface area contributed by atoms with Crippen molar-refractivity contribution in [1.82, 2.24) is 0 Å². The highest BCUT2D eigenvalue weighted by Crippen LogP contribution is 2.32. The number of nitrogens with zero attached hydrogens (tertiary/aromatic N) is 1. The van der Waals surface area contributed by atoms with Gasteiger partial charge in [-0.05, 0) is 43.3 Å². The van der Waals surface area contributed by atoms with Gasteiger partial charge in [-0.1, -0.05) is 11.6 Å². The van der Waals surface area contributed by atoms with Crippen LogP contribution in [-0.4, -0.2) is 27.1 Å². The van der Waals surface area contributed by atoms with Crippen molar-refractivity contribution in [2.24, 2.45) is 0 Å². The van der Waals surface area contributed by atoms with E-state index in [2.05, 4.69) is 5.32 Å². The average Bonchev–Trinajstić information content (AvgIpc) is 2.89. The minimum Gasteiger partial charge on any atom is -0.497 e. The summed E-state index contributed by atoms with van der Waals surface area (Å²) in [6, 6.07) is 10.8. The van der Waals surface area contributed by atoms with Crippen LogP contribution in [0.25, 0.3) is 11.0 Å². The molecule has 0 fully saturated rings. The molecule has 1 N–H and O–H groups in total. The van der Waals surface area contributed by atoms with Crippen LogP contribution >= 0.6 is 11.6 Å². The number of hydrogen-bond donors (Lipinski definition) is 1. The van der Waals surface area contributed by atoms with Crippen LogP contribution in [0.5, 0.6) is 5.75 Å². The van der Waals surface area contributed by atoms with Gasteiger partial charge in [-0.15, -0.1) is 0 Å². The van der Waals surface area contributed by atoms with E-state index in [1.165, 1.54) is 0 Å². The van der Waals surface area contributed by atoms with Crippen LogP contribution in [0.15, 0.2) is 40.8 Å². The molecule has 130 valence electrons. The zero-order valence-electron chi connectivity index (χ0n) is 14.5. The van der Waals surface area contributed by atoms with Gasteiger partial charge in [0.2, 0.25) is 0 Å². The van der Waals surface area contributed by atoms with Crippen molar-refractivity contribution in [1.29, 1.82) is 0 Å². The van der Waals surface area contributed by atoms with E-state index in [-0.39, 0.29) is 5.91 Å². The first kappa shape index (κ1) is 17.2. The number of benzene rings is 2. The van der Waals surface area contributed by atoms with Crippen molar-refractivity contribution in [3.8, 4) is 5.75 Å². The second kappa shape index (κ2) is 6.69. The number of ether oxygens (including phenoxy) is 1. The summed E-state index contributed by atoms with van der Waals surface area (Å²) in [5, 5.41) is 4.20. The zero-order valence-corrected chi connectivity index (χ0v) is 15.3.